The molecular formula is C17H18O2. The van der Waals surface area contributed by atoms with Crippen molar-refractivity contribution in [3.63, 3.8) is 0 Å². The fourth-order valence-corrected chi connectivity index (χ4v) is 2.21. The zero-order valence-electron chi connectivity index (χ0n) is 11.3. The number of rotatable bonds is 5. The van der Waals surface area contributed by atoms with Gasteiger partial charge in [-0.3, -0.25) is 4.79 Å². The zero-order valence-corrected chi connectivity index (χ0v) is 11.3. The van der Waals surface area contributed by atoms with Gasteiger partial charge in [-0.2, -0.15) is 0 Å². The minimum Gasteiger partial charge on any atom is -0.497 e. The summed E-state index contributed by atoms with van der Waals surface area (Å²) in [5, 5.41) is 0. The van der Waals surface area contributed by atoms with Crippen LogP contribution in [0.5, 0.6) is 5.75 Å². The SMILES string of the molecule is CC[C@H](C(=O)c1ccccc1)c1ccc(OC)cc1. The van der Waals surface area contributed by atoms with Crippen LogP contribution in [-0.4, -0.2) is 12.9 Å². The first kappa shape index (κ1) is 13.3. The number of Topliss-reactive ketones (excluding diaryl/α,β-unsaturated/α-hetero) is 1. The maximum atomic E-state index is 12.5. The molecule has 19 heavy (non-hydrogen) atoms. The number of benzene rings is 2. The van der Waals surface area contributed by atoms with Crippen molar-refractivity contribution in [2.75, 3.05) is 7.11 Å². The van der Waals surface area contributed by atoms with E-state index in [0.717, 1.165) is 23.3 Å². The summed E-state index contributed by atoms with van der Waals surface area (Å²) in [5.41, 5.74) is 1.81. The standard InChI is InChI=1S/C17H18O2/c1-3-16(13-9-11-15(19-2)12-10-13)17(18)14-7-5-4-6-8-14/h4-12,16H,3H2,1-2H3/t16-/m0/s1. The maximum Gasteiger partial charge on any atom is 0.170 e. The largest absolute Gasteiger partial charge is 0.497 e. The molecule has 2 aromatic rings. The minimum atomic E-state index is -0.0895. The molecular weight excluding hydrogens is 236 g/mol. The molecule has 0 heterocycles. The lowest BCUT2D eigenvalue weighted by molar-refractivity contribution is 0.0957. The minimum absolute atomic E-state index is 0.0895. The smallest absolute Gasteiger partial charge is 0.170 e. The maximum absolute atomic E-state index is 12.5. The quantitative estimate of drug-likeness (QED) is 0.752. The molecule has 98 valence electrons. The zero-order chi connectivity index (χ0) is 13.7. The summed E-state index contributed by atoms with van der Waals surface area (Å²) < 4.78 is 5.14. The van der Waals surface area contributed by atoms with Gasteiger partial charge >= 0.3 is 0 Å². The molecule has 2 heteroatoms. The summed E-state index contributed by atoms with van der Waals surface area (Å²) in [5.74, 6) is 0.896. The summed E-state index contributed by atoms with van der Waals surface area (Å²) in [6.45, 7) is 2.04. The molecule has 0 saturated heterocycles. The van der Waals surface area contributed by atoms with Gasteiger partial charge in [0, 0.05) is 11.5 Å². The van der Waals surface area contributed by atoms with Gasteiger partial charge in [0.15, 0.2) is 5.78 Å². The van der Waals surface area contributed by atoms with Crippen LogP contribution >= 0.6 is 0 Å². The molecule has 2 rings (SSSR count). The van der Waals surface area contributed by atoms with E-state index in [1.165, 1.54) is 0 Å². The highest BCUT2D eigenvalue weighted by Gasteiger charge is 2.19. The lowest BCUT2D eigenvalue weighted by Crippen LogP contribution is -2.12. The van der Waals surface area contributed by atoms with Crippen LogP contribution in [0.1, 0.15) is 35.2 Å². The molecule has 0 bridgehead atoms. The summed E-state index contributed by atoms with van der Waals surface area (Å²) in [4.78, 5) is 12.5. The summed E-state index contributed by atoms with van der Waals surface area (Å²) in [7, 11) is 1.64. The van der Waals surface area contributed by atoms with Crippen LogP contribution in [0.2, 0.25) is 0 Å². The second kappa shape index (κ2) is 6.19. The monoisotopic (exact) mass is 254 g/mol. The fourth-order valence-electron chi connectivity index (χ4n) is 2.21. The molecule has 0 aliphatic carbocycles. The normalized spacial score (nSPS) is 11.9. The molecule has 0 spiro atoms. The Morgan fingerprint density at radius 1 is 1.05 bits per heavy atom. The molecule has 2 nitrogen and oxygen atoms in total. The van der Waals surface area contributed by atoms with Crippen molar-refractivity contribution in [1.29, 1.82) is 0 Å². The Kier molecular flexibility index (Phi) is 4.35. The first-order valence-electron chi connectivity index (χ1n) is 6.49. The van der Waals surface area contributed by atoms with Crippen LogP contribution in [0.3, 0.4) is 0 Å². The molecule has 0 aliphatic heterocycles. The molecule has 1 atom stereocenters. The van der Waals surface area contributed by atoms with E-state index < -0.39 is 0 Å². The van der Waals surface area contributed by atoms with Gasteiger partial charge in [0.05, 0.1) is 7.11 Å². The van der Waals surface area contributed by atoms with E-state index in [4.69, 9.17) is 4.74 Å². The first-order valence-corrected chi connectivity index (χ1v) is 6.49. The molecule has 0 amide bonds. The highest BCUT2D eigenvalue weighted by atomic mass is 16.5. The third kappa shape index (κ3) is 3.02. The van der Waals surface area contributed by atoms with E-state index in [1.807, 2.05) is 61.5 Å². The summed E-state index contributed by atoms with van der Waals surface area (Å²) in [6, 6.07) is 17.2. The van der Waals surface area contributed by atoms with E-state index in [9.17, 15) is 4.79 Å². The van der Waals surface area contributed by atoms with Crippen LogP contribution in [0.15, 0.2) is 54.6 Å². The van der Waals surface area contributed by atoms with Crippen LogP contribution < -0.4 is 4.74 Å². The van der Waals surface area contributed by atoms with Gasteiger partial charge in [-0.05, 0) is 24.1 Å². The van der Waals surface area contributed by atoms with Gasteiger partial charge in [-0.15, -0.1) is 0 Å². The van der Waals surface area contributed by atoms with Crippen molar-refractivity contribution in [3.05, 3.63) is 65.7 Å². The predicted octanol–water partition coefficient (Wildman–Crippen LogP) is 4.07. The van der Waals surface area contributed by atoms with E-state index >= 15 is 0 Å². The number of hydrogen-bond donors (Lipinski definition) is 0. The molecule has 0 aromatic heterocycles. The van der Waals surface area contributed by atoms with E-state index in [-0.39, 0.29) is 11.7 Å². The molecule has 0 aliphatic rings. The number of carbonyl (C=O) groups is 1. The second-order valence-electron chi connectivity index (χ2n) is 4.46. The Morgan fingerprint density at radius 3 is 2.21 bits per heavy atom. The molecule has 0 fully saturated rings. The fraction of sp³-hybridized carbons (Fsp3) is 0.235. The van der Waals surface area contributed by atoms with Gasteiger partial charge in [0.25, 0.3) is 0 Å². The number of carbonyl (C=O) groups excluding carboxylic acids is 1. The number of ketones is 1. The second-order valence-corrected chi connectivity index (χ2v) is 4.46. The van der Waals surface area contributed by atoms with E-state index in [2.05, 4.69) is 0 Å². The Balaban J connectivity index is 2.26. The van der Waals surface area contributed by atoms with Crippen LogP contribution in [-0.2, 0) is 0 Å². The highest BCUT2D eigenvalue weighted by molar-refractivity contribution is 6.00. The van der Waals surface area contributed by atoms with Crippen LogP contribution in [0, 0.1) is 0 Å². The van der Waals surface area contributed by atoms with Gasteiger partial charge in [0.1, 0.15) is 5.75 Å². The van der Waals surface area contributed by atoms with Crippen molar-refractivity contribution in [3.8, 4) is 5.75 Å². The van der Waals surface area contributed by atoms with Crippen molar-refractivity contribution >= 4 is 5.78 Å². The molecule has 0 radical (unpaired) electrons. The van der Waals surface area contributed by atoms with Gasteiger partial charge in [-0.25, -0.2) is 0 Å². The van der Waals surface area contributed by atoms with Gasteiger partial charge in [0.2, 0.25) is 0 Å². The summed E-state index contributed by atoms with van der Waals surface area (Å²) >= 11 is 0. The average Bonchev–Trinajstić information content (AvgIpc) is 2.49. The Morgan fingerprint density at radius 2 is 1.68 bits per heavy atom. The Bertz CT molecular complexity index is 529. The predicted molar refractivity (Wildman–Crippen MR) is 76.8 cm³/mol. The third-order valence-corrected chi connectivity index (χ3v) is 3.30. The van der Waals surface area contributed by atoms with Crippen LogP contribution in [0.4, 0.5) is 0 Å². The third-order valence-electron chi connectivity index (χ3n) is 3.30. The molecule has 0 saturated carbocycles. The summed E-state index contributed by atoms with van der Waals surface area (Å²) in [6.07, 6.45) is 0.792. The number of hydrogen-bond acceptors (Lipinski definition) is 2. The topological polar surface area (TPSA) is 26.3 Å². The highest BCUT2D eigenvalue weighted by Crippen LogP contribution is 2.25. The van der Waals surface area contributed by atoms with E-state index in [0.29, 0.717) is 0 Å². The van der Waals surface area contributed by atoms with Crippen molar-refractivity contribution in [2.24, 2.45) is 0 Å². The Labute approximate surface area is 114 Å². The first-order chi connectivity index (χ1) is 9.26. The lowest BCUT2D eigenvalue weighted by Gasteiger charge is -2.14. The molecule has 0 unspecified atom stereocenters. The molecule has 0 N–H and O–H groups in total. The lowest BCUT2D eigenvalue weighted by atomic mass is 9.88. The van der Waals surface area contributed by atoms with Gasteiger partial charge < -0.3 is 4.74 Å². The molecule has 2 aromatic carbocycles. The van der Waals surface area contributed by atoms with Crippen LogP contribution in [0.25, 0.3) is 0 Å². The van der Waals surface area contributed by atoms with E-state index in [1.54, 1.807) is 7.11 Å². The van der Waals surface area contributed by atoms with Gasteiger partial charge in [-0.1, -0.05) is 49.4 Å². The van der Waals surface area contributed by atoms with Crippen molar-refractivity contribution in [1.82, 2.24) is 0 Å². The van der Waals surface area contributed by atoms with Crippen molar-refractivity contribution < 1.29 is 9.53 Å². The number of methoxy groups -OCH3 is 1. The average molecular weight is 254 g/mol. The Hall–Kier alpha value is -2.09. The number of ether oxygens (including phenoxy) is 1. The van der Waals surface area contributed by atoms with Crippen molar-refractivity contribution in [2.45, 2.75) is 19.3 Å².